The number of carbonyl (C=O) groups excluding carboxylic acids is 1. The van der Waals surface area contributed by atoms with Gasteiger partial charge in [-0.15, -0.1) is 0 Å². The van der Waals surface area contributed by atoms with E-state index in [1.807, 2.05) is 0 Å². The molecule has 0 aromatic carbocycles. The Kier molecular flexibility index (Phi) is 3.36. The lowest BCUT2D eigenvalue weighted by Crippen LogP contribution is -2.19. The molecule has 3 nitrogen and oxygen atoms in total. The van der Waals surface area contributed by atoms with Gasteiger partial charge in [-0.25, -0.2) is 4.98 Å². The molecular formula is C11H16N2OS. The minimum Gasteiger partial charge on any atom is -0.348 e. The molecule has 1 aromatic heterocycles. The number of hydrogen-bond acceptors (Lipinski definition) is 4. The molecule has 1 fully saturated rings. The van der Waals surface area contributed by atoms with Crippen LogP contribution in [0.2, 0.25) is 0 Å². The largest absolute Gasteiger partial charge is 0.348 e. The fourth-order valence-corrected chi connectivity index (χ4v) is 2.89. The second-order valence-electron chi connectivity index (χ2n) is 4.05. The molecule has 15 heavy (non-hydrogen) atoms. The number of thiazole rings is 1. The first kappa shape index (κ1) is 10.6. The Morgan fingerprint density at radius 3 is 3.27 bits per heavy atom. The van der Waals surface area contributed by atoms with Gasteiger partial charge in [0.05, 0.1) is 11.1 Å². The third-order valence-electron chi connectivity index (χ3n) is 2.88. The number of hydrogen-bond donors (Lipinski definition) is 0. The molecule has 0 bridgehead atoms. The van der Waals surface area contributed by atoms with Crippen molar-refractivity contribution in [2.45, 2.75) is 26.2 Å². The molecule has 82 valence electrons. The lowest BCUT2D eigenvalue weighted by Gasteiger charge is -2.14. The summed E-state index contributed by atoms with van der Waals surface area (Å²) in [6, 6.07) is 0. The fraction of sp³-hybridized carbons (Fsp3) is 0.636. The van der Waals surface area contributed by atoms with E-state index in [-0.39, 0.29) is 0 Å². The summed E-state index contributed by atoms with van der Waals surface area (Å²) in [6.45, 7) is 4.44. The van der Waals surface area contributed by atoms with E-state index in [1.54, 1.807) is 6.20 Å². The molecule has 1 unspecified atom stereocenters. The van der Waals surface area contributed by atoms with Crippen LogP contribution >= 0.6 is 11.3 Å². The maximum atomic E-state index is 10.6. The summed E-state index contributed by atoms with van der Waals surface area (Å²) in [5.74, 6) is 0.818. The molecule has 1 atom stereocenters. The Morgan fingerprint density at radius 2 is 2.60 bits per heavy atom. The predicted octanol–water partition coefficient (Wildman–Crippen LogP) is 2.58. The van der Waals surface area contributed by atoms with E-state index >= 15 is 0 Å². The van der Waals surface area contributed by atoms with Gasteiger partial charge in [-0.2, -0.15) is 0 Å². The summed E-state index contributed by atoms with van der Waals surface area (Å²) in [6.07, 6.45) is 6.38. The van der Waals surface area contributed by atoms with E-state index in [2.05, 4.69) is 16.8 Å². The Balaban J connectivity index is 1.98. The molecule has 0 radical (unpaired) electrons. The highest BCUT2D eigenvalue weighted by Crippen LogP contribution is 2.29. The zero-order valence-electron chi connectivity index (χ0n) is 8.98. The summed E-state index contributed by atoms with van der Waals surface area (Å²) in [7, 11) is 0. The summed E-state index contributed by atoms with van der Waals surface area (Å²) in [4.78, 5) is 17.9. The van der Waals surface area contributed by atoms with Crippen molar-refractivity contribution < 1.29 is 4.79 Å². The van der Waals surface area contributed by atoms with Crippen molar-refractivity contribution in [2.24, 2.45) is 5.92 Å². The molecule has 0 saturated carbocycles. The van der Waals surface area contributed by atoms with Gasteiger partial charge in [0.15, 0.2) is 11.4 Å². The van der Waals surface area contributed by atoms with Crippen LogP contribution in [0.3, 0.4) is 0 Å². The van der Waals surface area contributed by atoms with Crippen molar-refractivity contribution >= 4 is 22.8 Å². The molecule has 1 aliphatic rings. The number of aldehydes is 1. The average molecular weight is 224 g/mol. The minimum absolute atomic E-state index is 0.726. The molecule has 2 heterocycles. The van der Waals surface area contributed by atoms with Crippen LogP contribution in [0, 0.1) is 5.92 Å². The van der Waals surface area contributed by atoms with Crippen LogP contribution in [0.4, 0.5) is 5.13 Å². The normalized spacial score (nSPS) is 20.9. The number of anilines is 1. The van der Waals surface area contributed by atoms with Crippen molar-refractivity contribution in [3.05, 3.63) is 11.1 Å². The fourth-order valence-electron chi connectivity index (χ4n) is 2.13. The lowest BCUT2D eigenvalue weighted by atomic mass is 10.0. The Bertz CT molecular complexity index is 337. The first-order valence-corrected chi connectivity index (χ1v) is 6.31. The highest BCUT2D eigenvalue weighted by atomic mass is 32.1. The van der Waals surface area contributed by atoms with Crippen molar-refractivity contribution in [3.63, 3.8) is 0 Å². The van der Waals surface area contributed by atoms with Crippen LogP contribution in [-0.4, -0.2) is 24.4 Å². The van der Waals surface area contributed by atoms with Crippen LogP contribution in [0.25, 0.3) is 0 Å². The van der Waals surface area contributed by atoms with Gasteiger partial charge >= 0.3 is 0 Å². The lowest BCUT2D eigenvalue weighted by molar-refractivity contribution is 0.112. The molecular weight excluding hydrogens is 208 g/mol. The van der Waals surface area contributed by atoms with E-state index in [9.17, 15) is 4.79 Å². The van der Waals surface area contributed by atoms with Gasteiger partial charge in [-0.3, -0.25) is 4.79 Å². The highest BCUT2D eigenvalue weighted by molar-refractivity contribution is 7.17. The highest BCUT2D eigenvalue weighted by Gasteiger charge is 2.23. The van der Waals surface area contributed by atoms with Gasteiger partial charge in [0.25, 0.3) is 0 Å². The van der Waals surface area contributed by atoms with Crippen LogP contribution in [0.15, 0.2) is 6.20 Å². The van der Waals surface area contributed by atoms with Crippen LogP contribution in [0.5, 0.6) is 0 Å². The first-order valence-electron chi connectivity index (χ1n) is 5.49. The number of carbonyl (C=O) groups is 1. The minimum atomic E-state index is 0.726. The molecule has 2 rings (SSSR count). The van der Waals surface area contributed by atoms with E-state index < -0.39 is 0 Å². The van der Waals surface area contributed by atoms with Crippen LogP contribution < -0.4 is 4.90 Å². The molecule has 1 aromatic rings. The molecule has 0 amide bonds. The van der Waals surface area contributed by atoms with Gasteiger partial charge in [0, 0.05) is 13.1 Å². The van der Waals surface area contributed by atoms with Gasteiger partial charge in [0.2, 0.25) is 0 Å². The number of aromatic nitrogens is 1. The monoisotopic (exact) mass is 224 g/mol. The van der Waals surface area contributed by atoms with Crippen molar-refractivity contribution in [3.8, 4) is 0 Å². The molecule has 4 heteroatoms. The summed E-state index contributed by atoms with van der Waals surface area (Å²) in [5.41, 5.74) is 0. The van der Waals surface area contributed by atoms with Gasteiger partial charge in [0.1, 0.15) is 0 Å². The van der Waals surface area contributed by atoms with Crippen molar-refractivity contribution in [2.75, 3.05) is 18.0 Å². The second kappa shape index (κ2) is 4.75. The second-order valence-corrected chi connectivity index (χ2v) is 5.09. The average Bonchev–Trinajstić information content (AvgIpc) is 2.85. The standard InChI is InChI=1S/C11H16N2OS/c1-2-3-9-4-5-13(7-9)11-12-6-10(8-14)15-11/h6,8-9H,2-5,7H2,1H3. The molecule has 0 aliphatic carbocycles. The van der Waals surface area contributed by atoms with Crippen molar-refractivity contribution in [1.82, 2.24) is 4.98 Å². The quantitative estimate of drug-likeness (QED) is 0.737. The van der Waals surface area contributed by atoms with Gasteiger partial charge in [-0.1, -0.05) is 24.7 Å². The van der Waals surface area contributed by atoms with E-state index in [1.165, 1.54) is 30.6 Å². The Morgan fingerprint density at radius 1 is 1.73 bits per heavy atom. The zero-order chi connectivity index (χ0) is 10.7. The number of rotatable bonds is 4. The SMILES string of the molecule is CCCC1CCN(c2ncc(C=O)s2)C1. The summed E-state index contributed by atoms with van der Waals surface area (Å²) < 4.78 is 0. The summed E-state index contributed by atoms with van der Waals surface area (Å²) in [5, 5.41) is 1.01. The maximum Gasteiger partial charge on any atom is 0.185 e. The van der Waals surface area contributed by atoms with Gasteiger partial charge in [-0.05, 0) is 18.8 Å². The topological polar surface area (TPSA) is 33.2 Å². The summed E-state index contributed by atoms with van der Waals surface area (Å²) >= 11 is 1.50. The molecule has 0 N–H and O–H groups in total. The zero-order valence-corrected chi connectivity index (χ0v) is 9.80. The Hall–Kier alpha value is -0.900. The van der Waals surface area contributed by atoms with E-state index in [4.69, 9.17) is 0 Å². The molecule has 0 spiro atoms. The van der Waals surface area contributed by atoms with E-state index in [0.717, 1.165) is 35.3 Å². The van der Waals surface area contributed by atoms with Crippen molar-refractivity contribution in [1.29, 1.82) is 0 Å². The molecule has 1 aliphatic heterocycles. The maximum absolute atomic E-state index is 10.6. The third-order valence-corrected chi connectivity index (χ3v) is 3.86. The molecule has 1 saturated heterocycles. The van der Waals surface area contributed by atoms with E-state index in [0.29, 0.717) is 0 Å². The third kappa shape index (κ3) is 2.37. The van der Waals surface area contributed by atoms with Gasteiger partial charge < -0.3 is 4.90 Å². The van der Waals surface area contributed by atoms with Crippen LogP contribution in [-0.2, 0) is 0 Å². The predicted molar refractivity (Wildman–Crippen MR) is 62.7 cm³/mol. The smallest absolute Gasteiger partial charge is 0.185 e. The Labute approximate surface area is 94.1 Å². The van der Waals surface area contributed by atoms with Crippen LogP contribution in [0.1, 0.15) is 35.9 Å². The first-order chi connectivity index (χ1) is 7.33. The number of nitrogens with zero attached hydrogens (tertiary/aromatic N) is 2.